The number of benzene rings is 3. The van der Waals surface area contributed by atoms with Gasteiger partial charge >= 0.3 is 0 Å². The molecule has 5 rings (SSSR count). The Morgan fingerprint density at radius 1 is 0.933 bits per heavy atom. The molecule has 0 unspecified atom stereocenters. The van der Waals surface area contributed by atoms with E-state index in [1.807, 2.05) is 53.1 Å². The summed E-state index contributed by atoms with van der Waals surface area (Å²) in [5, 5.41) is 10.4. The number of aromatic amines is 1. The van der Waals surface area contributed by atoms with Gasteiger partial charge in [0.05, 0.1) is 21.8 Å². The second-order valence-electron chi connectivity index (χ2n) is 6.95. The van der Waals surface area contributed by atoms with E-state index in [-0.39, 0.29) is 0 Å². The van der Waals surface area contributed by atoms with Gasteiger partial charge in [-0.25, -0.2) is 4.98 Å². The summed E-state index contributed by atoms with van der Waals surface area (Å²) in [6, 6.07) is 24.0. The van der Waals surface area contributed by atoms with Crippen molar-refractivity contribution in [2.45, 2.75) is 17.8 Å². The Bertz CT molecular complexity index is 1290. The molecule has 0 amide bonds. The van der Waals surface area contributed by atoms with Crippen LogP contribution in [0.3, 0.4) is 0 Å². The van der Waals surface area contributed by atoms with Gasteiger partial charge < -0.3 is 4.98 Å². The minimum absolute atomic E-state index is 0.645. The fraction of sp³-hybridized carbons (Fsp3) is 0.0870. The zero-order valence-electron chi connectivity index (χ0n) is 16.2. The van der Waals surface area contributed by atoms with Crippen molar-refractivity contribution in [3.05, 3.63) is 89.2 Å². The van der Waals surface area contributed by atoms with Gasteiger partial charge in [-0.1, -0.05) is 65.3 Å². The number of nitrogens with zero attached hydrogens (tertiary/aromatic N) is 4. The molecule has 0 radical (unpaired) electrons. The summed E-state index contributed by atoms with van der Waals surface area (Å²) in [7, 11) is 0. The molecule has 0 bridgehead atoms. The van der Waals surface area contributed by atoms with Crippen molar-refractivity contribution in [1.82, 2.24) is 24.7 Å². The summed E-state index contributed by atoms with van der Waals surface area (Å²) in [6.45, 7) is 2.07. The topological polar surface area (TPSA) is 59.4 Å². The molecular weight excluding hydrogens is 414 g/mol. The Hall–Kier alpha value is -3.09. The summed E-state index contributed by atoms with van der Waals surface area (Å²) in [6.07, 6.45) is 0. The Morgan fingerprint density at radius 2 is 1.70 bits per heavy atom. The number of hydrogen-bond donors (Lipinski definition) is 1. The number of hydrogen-bond acceptors (Lipinski definition) is 4. The van der Waals surface area contributed by atoms with Gasteiger partial charge in [-0.3, -0.25) is 4.57 Å². The smallest absolute Gasteiger partial charge is 0.196 e. The van der Waals surface area contributed by atoms with E-state index < -0.39 is 0 Å². The lowest BCUT2D eigenvalue weighted by Gasteiger charge is -2.11. The average Bonchev–Trinajstić information content (AvgIpc) is 3.37. The predicted octanol–water partition coefficient (Wildman–Crippen LogP) is 6.06. The molecule has 5 nitrogen and oxygen atoms in total. The molecular formula is C23H18ClN5S. The molecule has 0 fully saturated rings. The molecule has 0 aliphatic rings. The van der Waals surface area contributed by atoms with E-state index in [9.17, 15) is 0 Å². The van der Waals surface area contributed by atoms with Crippen molar-refractivity contribution in [3.8, 4) is 17.1 Å². The normalized spacial score (nSPS) is 11.3. The number of para-hydroxylation sites is 2. The lowest BCUT2D eigenvalue weighted by Crippen LogP contribution is -2.00. The maximum atomic E-state index is 6.47. The standard InChI is InChI=1S/C23H18ClN5S/c1-15-10-12-16(13-11-15)29-22(17-6-2-3-7-18(17)24)27-28-23(29)30-14-21-25-19-8-4-5-9-20(19)26-21/h2-13H,14H2,1H3,(H,25,26). The quantitative estimate of drug-likeness (QED) is 0.343. The number of nitrogens with one attached hydrogen (secondary N) is 1. The number of aromatic nitrogens is 5. The molecule has 2 aromatic heterocycles. The Morgan fingerprint density at radius 3 is 2.50 bits per heavy atom. The van der Waals surface area contributed by atoms with E-state index in [1.165, 1.54) is 5.56 Å². The van der Waals surface area contributed by atoms with Gasteiger partial charge in [-0.05, 0) is 43.3 Å². The van der Waals surface area contributed by atoms with Crippen LogP contribution in [0.2, 0.25) is 5.02 Å². The van der Waals surface area contributed by atoms with E-state index in [1.54, 1.807) is 11.8 Å². The highest BCUT2D eigenvalue weighted by Crippen LogP contribution is 2.33. The van der Waals surface area contributed by atoms with Gasteiger partial charge in [0.1, 0.15) is 5.82 Å². The van der Waals surface area contributed by atoms with Crippen LogP contribution in [0.5, 0.6) is 0 Å². The van der Waals surface area contributed by atoms with E-state index in [4.69, 9.17) is 11.6 Å². The van der Waals surface area contributed by atoms with Crippen LogP contribution in [0.25, 0.3) is 28.1 Å². The molecule has 0 saturated heterocycles. The third-order valence-electron chi connectivity index (χ3n) is 4.82. The van der Waals surface area contributed by atoms with Crippen LogP contribution in [-0.2, 0) is 5.75 Å². The van der Waals surface area contributed by atoms with Gasteiger partial charge in [-0.2, -0.15) is 0 Å². The number of imidazole rings is 1. The summed E-state index contributed by atoms with van der Waals surface area (Å²) >= 11 is 8.06. The Balaban J connectivity index is 1.54. The number of rotatable bonds is 5. The van der Waals surface area contributed by atoms with Crippen molar-refractivity contribution < 1.29 is 0 Å². The summed E-state index contributed by atoms with van der Waals surface area (Å²) in [5.41, 5.74) is 5.03. The first-order valence-corrected chi connectivity index (χ1v) is 10.9. The van der Waals surface area contributed by atoms with Gasteiger partial charge in [0.15, 0.2) is 11.0 Å². The van der Waals surface area contributed by atoms with Gasteiger partial charge in [0, 0.05) is 11.3 Å². The van der Waals surface area contributed by atoms with Gasteiger partial charge in [0.25, 0.3) is 0 Å². The highest BCUT2D eigenvalue weighted by molar-refractivity contribution is 7.98. The molecule has 3 aromatic carbocycles. The Kier molecular flexibility index (Phi) is 5.02. The lowest BCUT2D eigenvalue weighted by atomic mass is 10.2. The molecule has 2 heterocycles. The second-order valence-corrected chi connectivity index (χ2v) is 8.30. The number of halogens is 1. The summed E-state index contributed by atoms with van der Waals surface area (Å²) in [4.78, 5) is 8.04. The van der Waals surface area contributed by atoms with Crippen molar-refractivity contribution in [2.75, 3.05) is 0 Å². The summed E-state index contributed by atoms with van der Waals surface area (Å²) < 4.78 is 2.05. The van der Waals surface area contributed by atoms with Gasteiger partial charge in [0.2, 0.25) is 0 Å². The SMILES string of the molecule is Cc1ccc(-n2c(SCc3nc4ccccc4[nH]3)nnc2-c2ccccc2Cl)cc1. The minimum atomic E-state index is 0.645. The zero-order valence-corrected chi connectivity index (χ0v) is 17.8. The van der Waals surface area contributed by atoms with Crippen molar-refractivity contribution in [1.29, 1.82) is 0 Å². The maximum Gasteiger partial charge on any atom is 0.196 e. The minimum Gasteiger partial charge on any atom is -0.341 e. The second kappa shape index (κ2) is 7.97. The number of fused-ring (bicyclic) bond motifs is 1. The predicted molar refractivity (Wildman–Crippen MR) is 122 cm³/mol. The van der Waals surface area contributed by atoms with E-state index in [0.29, 0.717) is 10.8 Å². The lowest BCUT2D eigenvalue weighted by molar-refractivity contribution is 0.884. The first kappa shape index (κ1) is 18.9. The third-order valence-corrected chi connectivity index (χ3v) is 6.09. The largest absolute Gasteiger partial charge is 0.341 e. The molecule has 0 aliphatic carbocycles. The van der Waals surface area contributed by atoms with Crippen molar-refractivity contribution >= 4 is 34.4 Å². The maximum absolute atomic E-state index is 6.47. The van der Waals surface area contributed by atoms with Crippen LogP contribution in [-0.4, -0.2) is 24.7 Å². The monoisotopic (exact) mass is 431 g/mol. The van der Waals surface area contributed by atoms with E-state index in [0.717, 1.165) is 39.1 Å². The van der Waals surface area contributed by atoms with Crippen LogP contribution in [0.15, 0.2) is 78.0 Å². The van der Waals surface area contributed by atoms with Crippen LogP contribution in [0.1, 0.15) is 11.4 Å². The molecule has 0 saturated carbocycles. The van der Waals surface area contributed by atoms with Crippen molar-refractivity contribution in [2.24, 2.45) is 0 Å². The average molecular weight is 432 g/mol. The summed E-state index contributed by atoms with van der Waals surface area (Å²) in [5.74, 6) is 2.27. The van der Waals surface area contributed by atoms with E-state index in [2.05, 4.69) is 51.4 Å². The van der Waals surface area contributed by atoms with Crippen molar-refractivity contribution in [3.63, 3.8) is 0 Å². The molecule has 5 aromatic rings. The Labute approximate surface area is 183 Å². The molecule has 1 N–H and O–H groups in total. The highest BCUT2D eigenvalue weighted by atomic mass is 35.5. The molecule has 148 valence electrons. The number of aryl methyl sites for hydroxylation is 1. The first-order valence-electron chi connectivity index (χ1n) is 9.53. The molecule has 0 atom stereocenters. The first-order chi connectivity index (χ1) is 14.7. The molecule has 0 aliphatic heterocycles. The van der Waals surface area contributed by atoms with Gasteiger partial charge in [-0.15, -0.1) is 10.2 Å². The molecule has 7 heteroatoms. The fourth-order valence-corrected chi connectivity index (χ4v) is 4.36. The number of H-pyrrole nitrogens is 1. The number of thioether (sulfide) groups is 1. The van der Waals surface area contributed by atoms with Crippen LogP contribution >= 0.6 is 23.4 Å². The van der Waals surface area contributed by atoms with Crippen LogP contribution in [0.4, 0.5) is 0 Å². The van der Waals surface area contributed by atoms with Crippen LogP contribution < -0.4 is 0 Å². The molecule has 0 spiro atoms. The zero-order chi connectivity index (χ0) is 20.5. The highest BCUT2D eigenvalue weighted by Gasteiger charge is 2.18. The van der Waals surface area contributed by atoms with Crippen LogP contribution in [0, 0.1) is 6.92 Å². The molecule has 30 heavy (non-hydrogen) atoms. The fourth-order valence-electron chi connectivity index (χ4n) is 3.31. The van der Waals surface area contributed by atoms with E-state index >= 15 is 0 Å². The third kappa shape index (κ3) is 3.60.